The number of rotatable bonds is 12. The molecule has 1 saturated heterocycles. The summed E-state index contributed by atoms with van der Waals surface area (Å²) in [6, 6.07) is 55.6. The summed E-state index contributed by atoms with van der Waals surface area (Å²) in [4.78, 5) is 106. The summed E-state index contributed by atoms with van der Waals surface area (Å²) < 4.78 is 31.7. The van der Waals surface area contributed by atoms with E-state index in [2.05, 4.69) is 0 Å². The van der Waals surface area contributed by atoms with Crippen LogP contribution in [0.1, 0.15) is 33.4 Å². The Morgan fingerprint density at radius 1 is 0.315 bits per heavy atom. The number of benzene rings is 6. The van der Waals surface area contributed by atoms with Crippen LogP contribution < -0.4 is 0 Å². The molecule has 378 valence electrons. The molecule has 0 spiro atoms. The predicted molar refractivity (Wildman–Crippen MR) is 265 cm³/mol. The molecule has 0 atom stereocenters. The molecule has 0 aliphatic carbocycles. The molecule has 1 aliphatic rings. The fourth-order valence-corrected chi connectivity index (χ4v) is 7.80. The first-order valence-corrected chi connectivity index (χ1v) is 23.3. The van der Waals surface area contributed by atoms with Crippen molar-refractivity contribution in [2.45, 2.75) is 45.4 Å². The van der Waals surface area contributed by atoms with Crippen LogP contribution in [-0.4, -0.2) is 121 Å². The van der Waals surface area contributed by atoms with Gasteiger partial charge in [-0.2, -0.15) is 13.2 Å². The third-order valence-electron chi connectivity index (χ3n) is 11.6. The van der Waals surface area contributed by atoms with Crippen molar-refractivity contribution in [3.8, 4) is 0 Å². The molecule has 17 heteroatoms. The summed E-state index contributed by atoms with van der Waals surface area (Å²) in [7, 11) is 0. The molecular weight excluding hydrogens is 942 g/mol. The van der Waals surface area contributed by atoms with Gasteiger partial charge >= 0.3 is 12.1 Å². The smallest absolute Gasteiger partial charge is 0.475 e. The van der Waals surface area contributed by atoms with E-state index >= 15 is 0 Å². The van der Waals surface area contributed by atoms with Crippen molar-refractivity contribution < 1.29 is 51.8 Å². The summed E-state index contributed by atoms with van der Waals surface area (Å²) in [6.07, 6.45) is -5.08. The van der Waals surface area contributed by atoms with Crippen molar-refractivity contribution in [2.24, 2.45) is 0 Å². The molecule has 0 aromatic heterocycles. The highest BCUT2D eigenvalue weighted by molar-refractivity contribution is 5.94. The Morgan fingerprint density at radius 2 is 0.438 bits per heavy atom. The normalized spacial score (nSPS) is 14.9. The van der Waals surface area contributed by atoms with Gasteiger partial charge in [-0.25, -0.2) is 4.79 Å². The second-order valence-corrected chi connectivity index (χ2v) is 17.2. The molecule has 0 saturated carbocycles. The maximum absolute atomic E-state index is 14.7. The number of carbonyl (C=O) groups is 7. The van der Waals surface area contributed by atoms with Gasteiger partial charge in [-0.05, 0) is 33.4 Å². The molecule has 0 bridgehead atoms. The minimum Gasteiger partial charge on any atom is -0.475 e. The maximum Gasteiger partial charge on any atom is 0.490 e. The molecule has 6 amide bonds. The highest BCUT2D eigenvalue weighted by Crippen LogP contribution is 2.17. The second kappa shape index (κ2) is 26.6. The molecule has 6 aromatic rings. The third kappa shape index (κ3) is 17.3. The van der Waals surface area contributed by atoms with E-state index in [4.69, 9.17) is 9.90 Å². The Hall–Kier alpha value is -8.60. The van der Waals surface area contributed by atoms with Crippen LogP contribution in [0.15, 0.2) is 182 Å². The fraction of sp³-hybridized carbons (Fsp3) is 0.232. The molecule has 1 N–H and O–H groups in total. The van der Waals surface area contributed by atoms with Crippen molar-refractivity contribution in [1.29, 1.82) is 0 Å². The number of hydrogen-bond donors (Lipinski definition) is 1. The van der Waals surface area contributed by atoms with Crippen LogP contribution in [0.5, 0.6) is 0 Å². The van der Waals surface area contributed by atoms with Gasteiger partial charge in [-0.1, -0.05) is 182 Å². The van der Waals surface area contributed by atoms with Crippen LogP contribution in [0.3, 0.4) is 0 Å². The van der Waals surface area contributed by atoms with E-state index in [9.17, 15) is 41.9 Å². The monoisotopic (exact) mass is 996 g/mol. The number of carbonyl (C=O) groups excluding carboxylic acids is 6. The molecule has 14 nitrogen and oxygen atoms in total. The predicted octanol–water partition coefficient (Wildman–Crippen LogP) is 6.81. The van der Waals surface area contributed by atoms with Crippen LogP contribution in [0, 0.1) is 0 Å². The van der Waals surface area contributed by atoms with E-state index in [0.717, 1.165) is 33.4 Å². The SMILES string of the molecule is O=C(O)C(F)(F)F.O=C1CN(Cc2ccccc2)C(=O)CN(Cc2ccccc2)C(=O)CN(Cc2ccccc2)C(=O)CN(Cc2ccccc2)C(=O)CN(Cc2ccccc2)C(=O)CN1Cc1ccccc1. The van der Waals surface area contributed by atoms with Gasteiger partial charge in [0.2, 0.25) is 35.4 Å². The fourth-order valence-electron chi connectivity index (χ4n) is 7.80. The van der Waals surface area contributed by atoms with E-state index in [-0.39, 0.29) is 39.3 Å². The van der Waals surface area contributed by atoms with Crippen molar-refractivity contribution in [3.05, 3.63) is 215 Å². The molecular formula is C56H55F3N6O8. The Balaban J connectivity index is 0.00000116. The highest BCUT2D eigenvalue weighted by Gasteiger charge is 2.38. The number of carboxylic acid groups (broad SMARTS) is 1. The van der Waals surface area contributed by atoms with Gasteiger partial charge in [0.25, 0.3) is 0 Å². The lowest BCUT2D eigenvalue weighted by molar-refractivity contribution is -0.192. The molecule has 0 unspecified atom stereocenters. The summed E-state index contributed by atoms with van der Waals surface area (Å²) >= 11 is 0. The highest BCUT2D eigenvalue weighted by atomic mass is 19.4. The standard InChI is InChI=1S/C54H54N6O6.C2HF3O2/c61-49-38-56(32-44-21-9-2-10-22-44)51(63)40-58(34-46-25-13-4-14-26-46)53(65)42-60(36-48-29-17-6-18-30-48)54(66)41-59(35-47-27-15-5-16-28-47)52(64)39-57(33-45-23-11-3-12-24-45)50(62)37-55(49)31-43-19-7-1-8-20-43;3-2(4,5)1(6)7/h1-30H,31-42H2;(H,6,7). The lowest BCUT2D eigenvalue weighted by Crippen LogP contribution is -2.52. The van der Waals surface area contributed by atoms with Gasteiger partial charge < -0.3 is 34.5 Å². The largest absolute Gasteiger partial charge is 0.490 e. The van der Waals surface area contributed by atoms with Crippen molar-refractivity contribution >= 4 is 41.4 Å². The Kier molecular flexibility index (Phi) is 19.6. The average molecular weight is 997 g/mol. The van der Waals surface area contributed by atoms with E-state index in [1.807, 2.05) is 182 Å². The van der Waals surface area contributed by atoms with Gasteiger partial charge in [-0.15, -0.1) is 0 Å². The lowest BCUT2D eigenvalue weighted by Gasteiger charge is -2.34. The number of hydrogen-bond acceptors (Lipinski definition) is 7. The Labute approximate surface area is 421 Å². The van der Waals surface area contributed by atoms with Crippen LogP contribution in [0.2, 0.25) is 0 Å². The van der Waals surface area contributed by atoms with Crippen molar-refractivity contribution in [2.75, 3.05) is 39.3 Å². The summed E-state index contributed by atoms with van der Waals surface area (Å²) in [5.41, 5.74) is 4.58. The number of nitrogens with zero attached hydrogens (tertiary/aromatic N) is 6. The Morgan fingerprint density at radius 3 is 0.548 bits per heavy atom. The van der Waals surface area contributed by atoms with Crippen LogP contribution >= 0.6 is 0 Å². The van der Waals surface area contributed by atoms with Crippen LogP contribution in [0.4, 0.5) is 13.2 Å². The molecule has 1 aliphatic heterocycles. The average Bonchev–Trinajstić information content (AvgIpc) is 3.38. The minimum atomic E-state index is -5.08. The Bertz CT molecular complexity index is 2300. The number of aliphatic carboxylic acids is 1. The van der Waals surface area contributed by atoms with Gasteiger partial charge in [0.1, 0.15) is 39.3 Å². The minimum absolute atomic E-state index is 0.0520. The molecule has 73 heavy (non-hydrogen) atoms. The summed E-state index contributed by atoms with van der Waals surface area (Å²) in [5.74, 6) is -5.70. The van der Waals surface area contributed by atoms with Gasteiger partial charge in [0.05, 0.1) is 0 Å². The van der Waals surface area contributed by atoms with Gasteiger partial charge in [-0.3, -0.25) is 28.8 Å². The zero-order valence-electron chi connectivity index (χ0n) is 39.9. The van der Waals surface area contributed by atoms with E-state index in [1.54, 1.807) is 0 Å². The maximum atomic E-state index is 14.7. The first kappa shape index (κ1) is 53.7. The lowest BCUT2D eigenvalue weighted by atomic mass is 10.1. The van der Waals surface area contributed by atoms with Crippen molar-refractivity contribution in [1.82, 2.24) is 29.4 Å². The molecule has 1 fully saturated rings. The van der Waals surface area contributed by atoms with Crippen LogP contribution in [0.25, 0.3) is 0 Å². The number of halogens is 3. The summed E-state index contributed by atoms with van der Waals surface area (Å²) in [5, 5.41) is 7.12. The van der Waals surface area contributed by atoms with Gasteiger partial charge in [0.15, 0.2) is 0 Å². The van der Waals surface area contributed by atoms with E-state index < -0.39 is 86.9 Å². The molecule has 7 rings (SSSR count). The van der Waals surface area contributed by atoms with E-state index in [0.29, 0.717) is 0 Å². The van der Waals surface area contributed by atoms with Crippen LogP contribution in [-0.2, 0) is 72.8 Å². The van der Waals surface area contributed by atoms with Gasteiger partial charge in [0, 0.05) is 39.3 Å². The number of carboxylic acids is 1. The first-order valence-electron chi connectivity index (χ1n) is 23.3. The third-order valence-corrected chi connectivity index (χ3v) is 11.6. The number of amides is 6. The zero-order chi connectivity index (χ0) is 52.2. The molecule has 1 heterocycles. The van der Waals surface area contributed by atoms with E-state index in [1.165, 1.54) is 29.4 Å². The number of alkyl halides is 3. The first-order chi connectivity index (χ1) is 35.1. The molecule has 0 radical (unpaired) electrons. The second-order valence-electron chi connectivity index (χ2n) is 17.2. The quantitative estimate of drug-likeness (QED) is 0.140. The topological polar surface area (TPSA) is 159 Å². The summed E-state index contributed by atoms with van der Waals surface area (Å²) in [6.45, 7) is -2.09. The molecule has 6 aromatic carbocycles. The zero-order valence-corrected chi connectivity index (χ0v) is 39.9. The van der Waals surface area contributed by atoms with Crippen molar-refractivity contribution in [3.63, 3.8) is 0 Å².